The lowest BCUT2D eigenvalue weighted by molar-refractivity contribution is -0.134. The molecule has 2 aliphatic rings. The van der Waals surface area contributed by atoms with Crippen molar-refractivity contribution in [3.8, 4) is 12.3 Å². The minimum atomic E-state index is -0.0749. The van der Waals surface area contributed by atoms with Gasteiger partial charge in [-0.05, 0) is 6.42 Å². The fourth-order valence-corrected chi connectivity index (χ4v) is 2.55. The number of nitrogens with one attached hydrogen (secondary N) is 1. The molecule has 2 saturated heterocycles. The predicted octanol–water partition coefficient (Wildman–Crippen LogP) is -0.859. The van der Waals surface area contributed by atoms with Crippen molar-refractivity contribution in [1.29, 1.82) is 0 Å². The molecule has 2 fully saturated rings. The van der Waals surface area contributed by atoms with Crippen LogP contribution in [0.15, 0.2) is 0 Å². The number of piperazine rings is 1. The quantitative estimate of drug-likeness (QED) is 0.663. The third kappa shape index (κ3) is 3.02. The van der Waals surface area contributed by atoms with Gasteiger partial charge < -0.3 is 15.0 Å². The van der Waals surface area contributed by atoms with Gasteiger partial charge >= 0.3 is 0 Å². The number of carbonyl (C=O) groups is 1. The molecule has 5 heteroatoms. The lowest BCUT2D eigenvalue weighted by atomic mass is 10.1. The molecule has 0 aliphatic carbocycles. The van der Waals surface area contributed by atoms with Gasteiger partial charge in [0.25, 0.3) is 0 Å². The van der Waals surface area contributed by atoms with Crippen LogP contribution < -0.4 is 5.32 Å². The third-order valence-corrected chi connectivity index (χ3v) is 3.72. The van der Waals surface area contributed by atoms with E-state index in [4.69, 9.17) is 11.2 Å². The second kappa shape index (κ2) is 6.19. The van der Waals surface area contributed by atoms with Gasteiger partial charge in [0.1, 0.15) is 0 Å². The highest BCUT2D eigenvalue weighted by Gasteiger charge is 2.33. The van der Waals surface area contributed by atoms with Gasteiger partial charge in [0.15, 0.2) is 0 Å². The minimum Gasteiger partial charge on any atom is -0.380 e. The number of methoxy groups -OCH3 is 1. The van der Waals surface area contributed by atoms with Crippen LogP contribution in [0.5, 0.6) is 0 Å². The van der Waals surface area contributed by atoms with Crippen LogP contribution in [-0.2, 0) is 9.53 Å². The van der Waals surface area contributed by atoms with Crippen molar-refractivity contribution in [1.82, 2.24) is 15.1 Å². The summed E-state index contributed by atoms with van der Waals surface area (Å²) >= 11 is 0. The van der Waals surface area contributed by atoms with Crippen molar-refractivity contribution < 1.29 is 9.53 Å². The SMILES string of the molecule is C#CCN1CCN(C(=O)C2CC(OC)CN2)CC1. The Bertz CT molecular complexity index is 332. The smallest absolute Gasteiger partial charge is 0.239 e. The van der Waals surface area contributed by atoms with E-state index >= 15 is 0 Å². The molecule has 0 radical (unpaired) electrons. The lowest BCUT2D eigenvalue weighted by Gasteiger charge is -2.35. The number of terminal acetylenes is 1. The maximum absolute atomic E-state index is 12.3. The number of hydrogen-bond donors (Lipinski definition) is 1. The molecule has 2 heterocycles. The largest absolute Gasteiger partial charge is 0.380 e. The molecule has 100 valence electrons. The summed E-state index contributed by atoms with van der Waals surface area (Å²) in [5, 5.41) is 3.23. The Morgan fingerprint density at radius 2 is 2.17 bits per heavy atom. The standard InChI is InChI=1S/C13H21N3O2/c1-3-4-15-5-7-16(8-6-15)13(17)12-9-11(18-2)10-14-12/h1,11-12,14H,4-10H2,2H3. The fourth-order valence-electron chi connectivity index (χ4n) is 2.55. The van der Waals surface area contributed by atoms with Crippen LogP contribution in [0.3, 0.4) is 0 Å². The van der Waals surface area contributed by atoms with Crippen molar-refractivity contribution in [2.45, 2.75) is 18.6 Å². The topological polar surface area (TPSA) is 44.8 Å². The van der Waals surface area contributed by atoms with E-state index in [9.17, 15) is 4.79 Å². The van der Waals surface area contributed by atoms with Gasteiger partial charge in [0.05, 0.1) is 18.7 Å². The average molecular weight is 251 g/mol. The van der Waals surface area contributed by atoms with E-state index < -0.39 is 0 Å². The van der Waals surface area contributed by atoms with Crippen molar-refractivity contribution in [3.63, 3.8) is 0 Å². The van der Waals surface area contributed by atoms with E-state index in [-0.39, 0.29) is 18.1 Å². The Morgan fingerprint density at radius 3 is 2.72 bits per heavy atom. The molecule has 0 bridgehead atoms. The number of nitrogens with zero attached hydrogens (tertiary/aromatic N) is 2. The van der Waals surface area contributed by atoms with Crippen molar-refractivity contribution in [2.24, 2.45) is 0 Å². The summed E-state index contributed by atoms with van der Waals surface area (Å²) in [5.41, 5.74) is 0. The lowest BCUT2D eigenvalue weighted by Crippen LogP contribution is -2.53. The zero-order valence-corrected chi connectivity index (χ0v) is 10.9. The molecule has 0 aromatic rings. The average Bonchev–Trinajstić information content (AvgIpc) is 2.88. The minimum absolute atomic E-state index is 0.0749. The summed E-state index contributed by atoms with van der Waals surface area (Å²) in [6, 6.07) is -0.0749. The highest BCUT2D eigenvalue weighted by atomic mass is 16.5. The van der Waals surface area contributed by atoms with Crippen LogP contribution in [0.2, 0.25) is 0 Å². The van der Waals surface area contributed by atoms with Gasteiger partial charge in [-0.15, -0.1) is 6.42 Å². The van der Waals surface area contributed by atoms with E-state index in [0.717, 1.165) is 39.1 Å². The number of carbonyl (C=O) groups excluding carboxylic acids is 1. The highest BCUT2D eigenvalue weighted by Crippen LogP contribution is 2.13. The van der Waals surface area contributed by atoms with Gasteiger partial charge in [-0.3, -0.25) is 9.69 Å². The molecule has 2 aliphatic heterocycles. The monoisotopic (exact) mass is 251 g/mol. The molecule has 0 spiro atoms. The normalized spacial score (nSPS) is 29.2. The third-order valence-electron chi connectivity index (χ3n) is 3.72. The molecular formula is C13H21N3O2. The molecule has 2 atom stereocenters. The summed E-state index contributed by atoms with van der Waals surface area (Å²) < 4.78 is 5.26. The molecule has 2 unspecified atom stereocenters. The van der Waals surface area contributed by atoms with Crippen LogP contribution in [0.4, 0.5) is 0 Å². The Morgan fingerprint density at radius 1 is 1.44 bits per heavy atom. The molecule has 5 nitrogen and oxygen atoms in total. The zero-order chi connectivity index (χ0) is 13.0. The summed E-state index contributed by atoms with van der Waals surface area (Å²) in [7, 11) is 1.69. The Labute approximate surface area is 108 Å². The van der Waals surface area contributed by atoms with Crippen molar-refractivity contribution in [2.75, 3.05) is 46.4 Å². The number of amides is 1. The molecule has 18 heavy (non-hydrogen) atoms. The van der Waals surface area contributed by atoms with E-state index in [1.807, 2.05) is 4.90 Å². The summed E-state index contributed by atoms with van der Waals surface area (Å²) in [6.45, 7) is 4.73. The van der Waals surface area contributed by atoms with E-state index in [0.29, 0.717) is 6.54 Å². The first kappa shape index (κ1) is 13.3. The molecule has 2 rings (SSSR count). The summed E-state index contributed by atoms with van der Waals surface area (Å²) in [5.74, 6) is 2.85. The maximum Gasteiger partial charge on any atom is 0.239 e. The number of hydrogen-bond acceptors (Lipinski definition) is 4. The van der Waals surface area contributed by atoms with Gasteiger partial charge in [0, 0.05) is 39.8 Å². The second-order valence-electron chi connectivity index (χ2n) is 4.86. The number of ether oxygens (including phenoxy) is 1. The van der Waals surface area contributed by atoms with Crippen LogP contribution in [0.1, 0.15) is 6.42 Å². The van der Waals surface area contributed by atoms with Gasteiger partial charge in [-0.25, -0.2) is 0 Å². The fraction of sp³-hybridized carbons (Fsp3) is 0.769. The Hall–Kier alpha value is -1.09. The van der Waals surface area contributed by atoms with Crippen LogP contribution in [-0.4, -0.2) is 74.2 Å². The molecule has 0 aromatic heterocycles. The molecule has 0 aromatic carbocycles. The molecule has 1 N–H and O–H groups in total. The zero-order valence-electron chi connectivity index (χ0n) is 10.9. The maximum atomic E-state index is 12.3. The first-order valence-electron chi connectivity index (χ1n) is 6.45. The summed E-state index contributed by atoms with van der Waals surface area (Å²) in [4.78, 5) is 16.4. The molecule has 0 saturated carbocycles. The Kier molecular flexibility index (Phi) is 4.59. The Balaban J connectivity index is 1.79. The predicted molar refractivity (Wildman–Crippen MR) is 69.1 cm³/mol. The van der Waals surface area contributed by atoms with E-state index in [2.05, 4.69) is 16.1 Å². The first-order valence-corrected chi connectivity index (χ1v) is 6.45. The van der Waals surface area contributed by atoms with Gasteiger partial charge in [-0.2, -0.15) is 0 Å². The molecular weight excluding hydrogens is 230 g/mol. The highest BCUT2D eigenvalue weighted by molar-refractivity contribution is 5.82. The van der Waals surface area contributed by atoms with Gasteiger partial charge in [-0.1, -0.05) is 5.92 Å². The summed E-state index contributed by atoms with van der Waals surface area (Å²) in [6.07, 6.45) is 6.23. The number of rotatable bonds is 3. The van der Waals surface area contributed by atoms with Gasteiger partial charge in [0.2, 0.25) is 5.91 Å². The first-order chi connectivity index (χ1) is 8.74. The van der Waals surface area contributed by atoms with E-state index in [1.165, 1.54) is 0 Å². The van der Waals surface area contributed by atoms with Crippen molar-refractivity contribution >= 4 is 5.91 Å². The molecule has 1 amide bonds. The van der Waals surface area contributed by atoms with Crippen LogP contribution >= 0.6 is 0 Å². The second-order valence-corrected chi connectivity index (χ2v) is 4.86. The van der Waals surface area contributed by atoms with Crippen LogP contribution in [0, 0.1) is 12.3 Å². The van der Waals surface area contributed by atoms with Crippen molar-refractivity contribution in [3.05, 3.63) is 0 Å². The van der Waals surface area contributed by atoms with E-state index in [1.54, 1.807) is 7.11 Å². The van der Waals surface area contributed by atoms with Crippen LogP contribution in [0.25, 0.3) is 0 Å².